The topological polar surface area (TPSA) is 69.7 Å². The number of esters is 2. The van der Waals surface area contributed by atoms with Crippen molar-refractivity contribution in [3.05, 3.63) is 95.1 Å². The number of carbonyl (C=O) groups excluding carboxylic acids is 3. The van der Waals surface area contributed by atoms with Gasteiger partial charge in [0.05, 0.1) is 36.2 Å². The lowest BCUT2D eigenvalue weighted by molar-refractivity contribution is -0.149. The summed E-state index contributed by atoms with van der Waals surface area (Å²) < 4.78 is 10.3. The molecule has 38 heavy (non-hydrogen) atoms. The Hall–Kier alpha value is -3.73. The van der Waals surface area contributed by atoms with Crippen molar-refractivity contribution in [1.29, 1.82) is 0 Å². The number of benzene rings is 2. The first-order valence-corrected chi connectivity index (χ1v) is 13.3. The Morgan fingerprint density at radius 2 is 1.03 bits per heavy atom. The van der Waals surface area contributed by atoms with Crippen molar-refractivity contribution in [2.24, 2.45) is 46.3 Å². The van der Waals surface area contributed by atoms with Crippen LogP contribution in [0.2, 0.25) is 0 Å². The lowest BCUT2D eigenvalue weighted by atomic mass is 9.36. The molecule has 8 unspecified atom stereocenters. The zero-order chi connectivity index (χ0) is 26.6. The SMILES string of the molecule is COC(=O)C1=C(C(=O)OC)C2C=CC1C1C2C2C1C1(C)C(=O)C2(C)C(c2ccccc2)=C1c1ccccc1. The second-order valence-corrected chi connectivity index (χ2v) is 11.7. The van der Waals surface area contributed by atoms with Crippen LogP contribution in [0, 0.1) is 46.3 Å². The fourth-order valence-corrected chi connectivity index (χ4v) is 9.39. The van der Waals surface area contributed by atoms with Crippen LogP contribution in [0.15, 0.2) is 84.0 Å². The maximum absolute atomic E-state index is 14.7. The Bertz CT molecular complexity index is 1390. The Labute approximate surface area is 222 Å². The molecule has 0 aliphatic heterocycles. The van der Waals surface area contributed by atoms with Crippen molar-refractivity contribution in [2.45, 2.75) is 13.8 Å². The average molecular weight is 507 g/mol. The highest BCUT2D eigenvalue weighted by Crippen LogP contribution is 2.83. The normalized spacial score (nSPS) is 37.6. The van der Waals surface area contributed by atoms with E-state index in [1.54, 1.807) is 0 Å². The third-order valence-electron chi connectivity index (χ3n) is 10.5. The minimum Gasteiger partial charge on any atom is -0.466 e. The Morgan fingerprint density at radius 1 is 0.658 bits per heavy atom. The van der Waals surface area contributed by atoms with Crippen molar-refractivity contribution in [2.75, 3.05) is 14.2 Å². The fraction of sp³-hybridized carbons (Fsp3) is 0.364. The third-order valence-corrected chi connectivity index (χ3v) is 10.5. The predicted molar refractivity (Wildman–Crippen MR) is 142 cm³/mol. The summed E-state index contributed by atoms with van der Waals surface area (Å²) in [6, 6.07) is 20.5. The summed E-state index contributed by atoms with van der Waals surface area (Å²) in [7, 11) is 2.70. The van der Waals surface area contributed by atoms with Crippen LogP contribution in [0.4, 0.5) is 0 Å². The number of carbonyl (C=O) groups is 3. The van der Waals surface area contributed by atoms with Crippen LogP contribution in [0.3, 0.4) is 0 Å². The molecule has 0 spiro atoms. The van der Waals surface area contributed by atoms with Gasteiger partial charge in [-0.05, 0) is 59.8 Å². The molecule has 0 N–H and O–H groups in total. The lowest BCUT2D eigenvalue weighted by Crippen LogP contribution is -2.63. The zero-order valence-electron chi connectivity index (χ0n) is 21.9. The van der Waals surface area contributed by atoms with Crippen LogP contribution in [0.1, 0.15) is 25.0 Å². The van der Waals surface area contributed by atoms with Gasteiger partial charge in [0.2, 0.25) is 0 Å². The Morgan fingerprint density at radius 3 is 1.37 bits per heavy atom. The molecule has 8 rings (SSSR count). The number of hydrogen-bond donors (Lipinski definition) is 0. The summed E-state index contributed by atoms with van der Waals surface area (Å²) in [6.45, 7) is 4.25. The molecule has 192 valence electrons. The van der Waals surface area contributed by atoms with E-state index in [2.05, 4.69) is 50.3 Å². The van der Waals surface area contributed by atoms with E-state index in [0.717, 1.165) is 22.3 Å². The number of rotatable bonds is 4. The van der Waals surface area contributed by atoms with Gasteiger partial charge >= 0.3 is 11.9 Å². The molecule has 0 radical (unpaired) electrons. The molecule has 6 aliphatic rings. The molecule has 2 aromatic carbocycles. The lowest BCUT2D eigenvalue weighted by Gasteiger charge is -2.66. The van der Waals surface area contributed by atoms with E-state index in [0.29, 0.717) is 11.1 Å². The van der Waals surface area contributed by atoms with Crippen molar-refractivity contribution >= 4 is 28.9 Å². The maximum Gasteiger partial charge on any atom is 0.334 e. The molecule has 5 heteroatoms. The summed E-state index contributed by atoms with van der Waals surface area (Å²) in [6.07, 6.45) is 4.12. The average Bonchev–Trinajstić information content (AvgIpc) is 3.20. The van der Waals surface area contributed by atoms with Crippen LogP contribution in [0.25, 0.3) is 11.1 Å². The standard InChI is InChI=1S/C33H30O5/c1-32-25(17-11-7-5-8-12-17)26(18-13-9-6-10-14-18)33(2,31(32)36)28-22-20-16-15-19(21(22)27(28)32)23(29(34)37-3)24(20)30(35)38-4/h5-16,19-22,27-28H,1-4H3. The number of methoxy groups -OCH3 is 2. The van der Waals surface area contributed by atoms with Crippen molar-refractivity contribution in [3.63, 3.8) is 0 Å². The minimum atomic E-state index is -0.703. The highest BCUT2D eigenvalue weighted by atomic mass is 16.5. The van der Waals surface area contributed by atoms with Gasteiger partial charge in [-0.3, -0.25) is 4.79 Å². The molecule has 6 aliphatic carbocycles. The maximum atomic E-state index is 14.7. The first kappa shape index (κ1) is 23.4. The van der Waals surface area contributed by atoms with Crippen molar-refractivity contribution in [1.82, 2.24) is 0 Å². The first-order chi connectivity index (χ1) is 18.3. The van der Waals surface area contributed by atoms with E-state index in [-0.39, 0.29) is 41.3 Å². The van der Waals surface area contributed by atoms with Crippen LogP contribution < -0.4 is 0 Å². The molecule has 8 atom stereocenters. The monoisotopic (exact) mass is 506 g/mol. The largest absolute Gasteiger partial charge is 0.466 e. The van der Waals surface area contributed by atoms with Crippen LogP contribution in [-0.2, 0) is 23.9 Å². The molecule has 2 aromatic rings. The Kier molecular flexibility index (Phi) is 4.71. The van der Waals surface area contributed by atoms with E-state index in [9.17, 15) is 14.4 Å². The van der Waals surface area contributed by atoms with Gasteiger partial charge in [0, 0.05) is 11.8 Å². The van der Waals surface area contributed by atoms with E-state index in [4.69, 9.17) is 9.47 Å². The van der Waals surface area contributed by atoms with Crippen LogP contribution in [0.5, 0.6) is 0 Å². The van der Waals surface area contributed by atoms with Crippen molar-refractivity contribution in [3.8, 4) is 0 Å². The van der Waals surface area contributed by atoms with Crippen LogP contribution >= 0.6 is 0 Å². The zero-order valence-corrected chi connectivity index (χ0v) is 21.9. The van der Waals surface area contributed by atoms with Gasteiger partial charge in [0.1, 0.15) is 0 Å². The molecule has 0 heterocycles. The minimum absolute atomic E-state index is 0.0592. The van der Waals surface area contributed by atoms with Gasteiger partial charge in [0.25, 0.3) is 0 Å². The fourth-order valence-electron chi connectivity index (χ4n) is 9.39. The molecule has 5 nitrogen and oxygen atoms in total. The third kappa shape index (κ3) is 2.46. The summed E-state index contributed by atoms with van der Waals surface area (Å²) in [4.78, 5) is 40.8. The van der Waals surface area contributed by atoms with Gasteiger partial charge in [-0.15, -0.1) is 0 Å². The van der Waals surface area contributed by atoms with Crippen molar-refractivity contribution < 1.29 is 23.9 Å². The first-order valence-electron chi connectivity index (χ1n) is 13.3. The molecule has 0 aromatic heterocycles. The molecule has 4 bridgehead atoms. The highest BCUT2D eigenvalue weighted by molar-refractivity contribution is 6.23. The van der Waals surface area contributed by atoms with E-state index < -0.39 is 22.8 Å². The molecule has 0 saturated heterocycles. The number of Topliss-reactive ketones (excluding diaryl/α,β-unsaturated/α-hetero) is 1. The number of allylic oxidation sites excluding steroid dienone is 4. The second kappa shape index (κ2) is 7.66. The van der Waals surface area contributed by atoms with Gasteiger partial charge in [-0.2, -0.15) is 0 Å². The summed E-state index contributed by atoms with van der Waals surface area (Å²) in [5, 5.41) is 0. The molecular formula is C33H30O5. The van der Waals surface area contributed by atoms with E-state index in [1.807, 2.05) is 36.4 Å². The molecule has 2 saturated carbocycles. The van der Waals surface area contributed by atoms with Gasteiger partial charge in [0.15, 0.2) is 5.78 Å². The van der Waals surface area contributed by atoms with E-state index >= 15 is 0 Å². The number of ketones is 1. The van der Waals surface area contributed by atoms with E-state index in [1.165, 1.54) is 14.2 Å². The van der Waals surface area contributed by atoms with Gasteiger partial charge in [-0.25, -0.2) is 9.59 Å². The second-order valence-electron chi connectivity index (χ2n) is 11.7. The number of fused-ring (bicyclic) bond motifs is 5. The summed E-state index contributed by atoms with van der Waals surface area (Å²) in [5.41, 5.74) is 3.77. The quantitative estimate of drug-likeness (QED) is 0.424. The van der Waals surface area contributed by atoms with Gasteiger partial charge in [-0.1, -0.05) is 72.8 Å². The molecule has 2 fully saturated rings. The van der Waals surface area contributed by atoms with Gasteiger partial charge < -0.3 is 9.47 Å². The number of ether oxygens (including phenoxy) is 2. The smallest absolute Gasteiger partial charge is 0.334 e. The van der Waals surface area contributed by atoms with Crippen LogP contribution in [-0.4, -0.2) is 31.9 Å². The predicted octanol–water partition coefficient (Wildman–Crippen LogP) is 5.14. The molecular weight excluding hydrogens is 476 g/mol. The summed E-state index contributed by atoms with van der Waals surface area (Å²) in [5.74, 6) is -1.01. The molecule has 0 amide bonds. The highest BCUT2D eigenvalue weighted by Gasteiger charge is 2.82. The summed E-state index contributed by atoms with van der Waals surface area (Å²) >= 11 is 0. The Balaban J connectivity index is 1.47. The number of hydrogen-bond acceptors (Lipinski definition) is 5.